The summed E-state index contributed by atoms with van der Waals surface area (Å²) in [6.45, 7) is 6.03. The Morgan fingerprint density at radius 2 is 2.13 bits per heavy atom. The molecule has 1 saturated heterocycles. The Balaban J connectivity index is 1.79. The van der Waals surface area contributed by atoms with E-state index in [1.165, 1.54) is 28.7 Å². The maximum atomic E-state index is 12.6. The second kappa shape index (κ2) is 5.81. The molecule has 23 heavy (non-hydrogen) atoms. The normalized spacial score (nSPS) is 23.4. The Morgan fingerprint density at radius 3 is 2.91 bits per heavy atom. The summed E-state index contributed by atoms with van der Waals surface area (Å²) in [6.07, 6.45) is 7.22. The quantitative estimate of drug-likeness (QED) is 0.853. The lowest BCUT2D eigenvalue weighted by molar-refractivity contribution is 0.495. The number of fused-ring (bicyclic) bond motifs is 3. The van der Waals surface area contributed by atoms with Gasteiger partial charge in [0.05, 0.1) is 10.1 Å². The van der Waals surface area contributed by atoms with E-state index in [2.05, 4.69) is 28.7 Å². The maximum absolute atomic E-state index is 12.6. The van der Waals surface area contributed by atoms with Crippen molar-refractivity contribution < 1.29 is 4.21 Å². The van der Waals surface area contributed by atoms with E-state index >= 15 is 0 Å². The molecule has 1 unspecified atom stereocenters. The molecule has 2 aromatic heterocycles. The van der Waals surface area contributed by atoms with Crippen LogP contribution >= 0.6 is 11.3 Å². The predicted octanol–water partition coefficient (Wildman–Crippen LogP) is 3.31. The largest absolute Gasteiger partial charge is 0.354 e. The van der Waals surface area contributed by atoms with Crippen LogP contribution in [0.3, 0.4) is 0 Å². The molecule has 1 aliphatic heterocycles. The predicted molar refractivity (Wildman–Crippen MR) is 98.0 cm³/mol. The van der Waals surface area contributed by atoms with Gasteiger partial charge < -0.3 is 4.90 Å². The van der Waals surface area contributed by atoms with Crippen molar-refractivity contribution in [2.45, 2.75) is 50.7 Å². The Kier molecular flexibility index (Phi) is 3.92. The van der Waals surface area contributed by atoms with E-state index in [1.807, 2.05) is 11.3 Å². The third kappa shape index (κ3) is 2.33. The molecule has 4 rings (SSSR count). The number of hydrogen-bond acceptors (Lipinski definition) is 5. The Hall–Kier alpha value is -1.01. The highest BCUT2D eigenvalue weighted by Gasteiger charge is 2.40. The van der Waals surface area contributed by atoms with Gasteiger partial charge in [-0.15, -0.1) is 11.3 Å². The minimum Gasteiger partial charge on any atom is -0.354 e. The molecule has 0 amide bonds. The topological polar surface area (TPSA) is 46.1 Å². The average molecular weight is 350 g/mol. The smallest absolute Gasteiger partial charge is 0.141 e. The van der Waals surface area contributed by atoms with E-state index < -0.39 is 10.8 Å². The Labute approximate surface area is 143 Å². The molecule has 2 aliphatic rings. The van der Waals surface area contributed by atoms with Crippen LogP contribution in [-0.4, -0.2) is 37.8 Å². The second-order valence-corrected chi connectivity index (χ2v) is 9.65. The van der Waals surface area contributed by atoms with Crippen molar-refractivity contribution >= 4 is 38.2 Å². The van der Waals surface area contributed by atoms with Crippen LogP contribution in [0.4, 0.5) is 5.82 Å². The zero-order chi connectivity index (χ0) is 16.0. The van der Waals surface area contributed by atoms with E-state index in [1.54, 1.807) is 6.33 Å². The molecule has 0 radical (unpaired) electrons. The molecule has 4 nitrogen and oxygen atoms in total. The highest BCUT2D eigenvalue weighted by Crippen LogP contribution is 2.41. The number of rotatable bonds is 3. The zero-order valence-corrected chi connectivity index (χ0v) is 15.4. The van der Waals surface area contributed by atoms with Crippen molar-refractivity contribution in [1.29, 1.82) is 0 Å². The highest BCUT2D eigenvalue weighted by molar-refractivity contribution is 7.86. The van der Waals surface area contributed by atoms with Crippen molar-refractivity contribution in [1.82, 2.24) is 9.97 Å². The summed E-state index contributed by atoms with van der Waals surface area (Å²) in [5.41, 5.74) is 1.48. The molecule has 3 heterocycles. The number of aromatic nitrogens is 2. The lowest BCUT2D eigenvalue weighted by Crippen LogP contribution is -2.53. The first-order valence-electron chi connectivity index (χ1n) is 8.57. The number of nitrogens with zero attached hydrogens (tertiary/aromatic N) is 3. The molecule has 0 spiro atoms. The van der Waals surface area contributed by atoms with Crippen molar-refractivity contribution in [3.63, 3.8) is 0 Å². The van der Waals surface area contributed by atoms with Crippen LogP contribution in [-0.2, 0) is 23.6 Å². The van der Waals surface area contributed by atoms with Gasteiger partial charge in [-0.2, -0.15) is 0 Å². The van der Waals surface area contributed by atoms with Gasteiger partial charge in [0.1, 0.15) is 17.0 Å². The van der Waals surface area contributed by atoms with E-state index in [0.29, 0.717) is 0 Å². The van der Waals surface area contributed by atoms with Crippen LogP contribution in [0.1, 0.15) is 43.6 Å². The molecule has 124 valence electrons. The minimum absolute atomic E-state index is 0.0886. The van der Waals surface area contributed by atoms with Gasteiger partial charge in [0.2, 0.25) is 0 Å². The van der Waals surface area contributed by atoms with Crippen LogP contribution in [0.25, 0.3) is 10.2 Å². The van der Waals surface area contributed by atoms with Crippen molar-refractivity contribution in [2.75, 3.05) is 23.7 Å². The van der Waals surface area contributed by atoms with E-state index in [0.717, 1.165) is 48.8 Å². The number of aryl methyl sites for hydroxylation is 2. The van der Waals surface area contributed by atoms with Gasteiger partial charge in [-0.05, 0) is 37.7 Å². The number of hydrogen-bond donors (Lipinski definition) is 0. The molecule has 1 aliphatic carbocycles. The monoisotopic (exact) mass is 349 g/mol. The molecule has 0 aromatic carbocycles. The molecule has 1 fully saturated rings. The molecule has 6 heteroatoms. The Bertz CT molecular complexity index is 767. The van der Waals surface area contributed by atoms with Crippen molar-refractivity contribution in [3.05, 3.63) is 16.8 Å². The van der Waals surface area contributed by atoms with Crippen molar-refractivity contribution in [2.24, 2.45) is 0 Å². The average Bonchev–Trinajstić information content (AvgIpc) is 3.16. The SMILES string of the molecule is CCC1(CC)CN(c2ncnc3sc4c(c23)CCC4)CCS1=O. The molecule has 2 aromatic rings. The van der Waals surface area contributed by atoms with Gasteiger partial charge in [-0.1, -0.05) is 13.8 Å². The first-order chi connectivity index (χ1) is 11.2. The fourth-order valence-corrected chi connectivity index (χ4v) is 7.02. The fourth-order valence-electron chi connectivity index (χ4n) is 4.04. The second-order valence-electron chi connectivity index (χ2n) is 6.60. The standard InChI is InChI=1S/C17H23N3OS2/c1-3-17(4-2)10-20(8-9-23(17)21)15-14-12-6-5-7-13(12)22-16(14)19-11-18-15/h11H,3-10H2,1-2H3. The van der Waals surface area contributed by atoms with E-state index in [9.17, 15) is 4.21 Å². The summed E-state index contributed by atoms with van der Waals surface area (Å²) < 4.78 is 12.5. The van der Waals surface area contributed by atoms with Gasteiger partial charge in [0, 0.05) is 34.5 Å². The number of thiophene rings is 1. The first kappa shape index (κ1) is 15.5. The summed E-state index contributed by atoms with van der Waals surface area (Å²) in [5.74, 6) is 1.83. The van der Waals surface area contributed by atoms with Crippen LogP contribution in [0.5, 0.6) is 0 Å². The minimum atomic E-state index is -0.737. The lowest BCUT2D eigenvalue weighted by Gasteiger charge is -2.41. The molecule has 1 atom stereocenters. The molecule has 0 N–H and O–H groups in total. The third-order valence-corrected chi connectivity index (χ3v) is 9.00. The lowest BCUT2D eigenvalue weighted by atomic mass is 10.0. The first-order valence-corrected chi connectivity index (χ1v) is 10.7. The van der Waals surface area contributed by atoms with Crippen LogP contribution in [0, 0.1) is 0 Å². The van der Waals surface area contributed by atoms with Gasteiger partial charge in [0.15, 0.2) is 0 Å². The summed E-state index contributed by atoms with van der Waals surface area (Å²) in [7, 11) is -0.737. The third-order valence-electron chi connectivity index (χ3n) is 5.58. The Morgan fingerprint density at radius 1 is 1.30 bits per heavy atom. The van der Waals surface area contributed by atoms with E-state index in [-0.39, 0.29) is 4.75 Å². The summed E-state index contributed by atoms with van der Waals surface area (Å²) in [6, 6.07) is 0. The maximum Gasteiger partial charge on any atom is 0.141 e. The zero-order valence-electron chi connectivity index (χ0n) is 13.8. The summed E-state index contributed by atoms with van der Waals surface area (Å²) in [5, 5.41) is 1.28. The van der Waals surface area contributed by atoms with Gasteiger partial charge in [0.25, 0.3) is 0 Å². The molecular weight excluding hydrogens is 326 g/mol. The molecule has 0 saturated carbocycles. The van der Waals surface area contributed by atoms with Gasteiger partial charge in [-0.25, -0.2) is 9.97 Å². The molecule has 0 bridgehead atoms. The van der Waals surface area contributed by atoms with Gasteiger partial charge >= 0.3 is 0 Å². The summed E-state index contributed by atoms with van der Waals surface area (Å²) in [4.78, 5) is 14.2. The number of anilines is 1. The van der Waals surface area contributed by atoms with E-state index in [4.69, 9.17) is 0 Å². The fraction of sp³-hybridized carbons (Fsp3) is 0.647. The summed E-state index contributed by atoms with van der Waals surface area (Å²) >= 11 is 1.84. The van der Waals surface area contributed by atoms with Crippen LogP contribution < -0.4 is 4.90 Å². The molecular formula is C17H23N3OS2. The van der Waals surface area contributed by atoms with Crippen LogP contribution in [0.2, 0.25) is 0 Å². The van der Waals surface area contributed by atoms with Gasteiger partial charge in [-0.3, -0.25) is 4.21 Å². The van der Waals surface area contributed by atoms with Crippen LogP contribution in [0.15, 0.2) is 6.33 Å². The van der Waals surface area contributed by atoms with Crippen molar-refractivity contribution in [3.8, 4) is 0 Å². The highest BCUT2D eigenvalue weighted by atomic mass is 32.2.